The maximum atomic E-state index is 11.4. The van der Waals surface area contributed by atoms with Crippen molar-refractivity contribution in [2.75, 3.05) is 7.11 Å². The van der Waals surface area contributed by atoms with Crippen LogP contribution in [0.5, 0.6) is 5.75 Å². The van der Waals surface area contributed by atoms with Crippen LogP contribution in [-0.4, -0.2) is 13.0 Å². The summed E-state index contributed by atoms with van der Waals surface area (Å²) in [5, 5.41) is 0. The van der Waals surface area contributed by atoms with Crippen LogP contribution in [0, 0.1) is 6.92 Å². The van der Waals surface area contributed by atoms with Crippen LogP contribution in [0.15, 0.2) is 34.7 Å². The van der Waals surface area contributed by atoms with Crippen molar-refractivity contribution in [3.05, 3.63) is 53.0 Å². The second-order valence-corrected chi connectivity index (χ2v) is 4.53. The van der Waals surface area contributed by atoms with Gasteiger partial charge in [0, 0.05) is 12.7 Å². The van der Waals surface area contributed by atoms with E-state index < -0.39 is 5.91 Å². The monoisotopic (exact) mass is 290 g/mol. The molecule has 21 heavy (non-hydrogen) atoms. The highest BCUT2D eigenvalue weighted by Gasteiger charge is 2.13. The molecule has 6 heteroatoms. The molecule has 0 saturated heterocycles. The van der Waals surface area contributed by atoms with Crippen LogP contribution >= 0.6 is 0 Å². The minimum Gasteiger partial charge on any atom is -0.489 e. The van der Waals surface area contributed by atoms with Crippen molar-refractivity contribution < 1.29 is 18.7 Å². The molecule has 1 aromatic heterocycles. The first kappa shape index (κ1) is 15.1. The summed E-state index contributed by atoms with van der Waals surface area (Å²) < 4.78 is 16.1. The molecule has 0 spiro atoms. The van der Waals surface area contributed by atoms with Crippen LogP contribution < -0.4 is 16.0 Å². The number of rotatable bonds is 6. The van der Waals surface area contributed by atoms with Gasteiger partial charge in [0.1, 0.15) is 18.1 Å². The number of nitrogens with two attached hydrogens (primary N) is 1. The van der Waals surface area contributed by atoms with E-state index >= 15 is 0 Å². The number of benzene rings is 1. The van der Waals surface area contributed by atoms with Crippen molar-refractivity contribution in [2.24, 2.45) is 5.84 Å². The number of hydrazine groups is 1. The molecule has 1 aromatic carbocycles. The first-order valence-corrected chi connectivity index (χ1v) is 6.45. The summed E-state index contributed by atoms with van der Waals surface area (Å²) in [6.45, 7) is 2.61. The number of ether oxygens (including phenoxy) is 2. The van der Waals surface area contributed by atoms with Crippen LogP contribution in [0.25, 0.3) is 0 Å². The summed E-state index contributed by atoms with van der Waals surface area (Å²) >= 11 is 0. The van der Waals surface area contributed by atoms with Gasteiger partial charge in [-0.1, -0.05) is 12.1 Å². The highest BCUT2D eigenvalue weighted by Crippen LogP contribution is 2.19. The Balaban J connectivity index is 2.04. The third-order valence-corrected chi connectivity index (χ3v) is 2.98. The fraction of sp³-hybridized carbons (Fsp3) is 0.267. The molecule has 1 heterocycles. The number of methoxy groups -OCH3 is 1. The molecule has 0 bridgehead atoms. The fourth-order valence-corrected chi connectivity index (χ4v) is 1.90. The summed E-state index contributed by atoms with van der Waals surface area (Å²) in [6, 6.07) is 9.26. The summed E-state index contributed by atoms with van der Waals surface area (Å²) in [7, 11) is 1.65. The van der Waals surface area contributed by atoms with Gasteiger partial charge in [0.15, 0.2) is 5.76 Å². The van der Waals surface area contributed by atoms with Gasteiger partial charge in [-0.05, 0) is 30.7 Å². The maximum absolute atomic E-state index is 11.4. The fourth-order valence-electron chi connectivity index (χ4n) is 1.90. The van der Waals surface area contributed by atoms with Crippen molar-refractivity contribution >= 4 is 5.91 Å². The highest BCUT2D eigenvalue weighted by molar-refractivity contribution is 5.91. The van der Waals surface area contributed by atoms with Gasteiger partial charge in [0.05, 0.1) is 6.61 Å². The predicted molar refractivity (Wildman–Crippen MR) is 76.6 cm³/mol. The Bertz CT molecular complexity index is 622. The molecule has 0 fully saturated rings. The van der Waals surface area contributed by atoms with Crippen LogP contribution in [0.3, 0.4) is 0 Å². The van der Waals surface area contributed by atoms with Gasteiger partial charge < -0.3 is 13.9 Å². The van der Waals surface area contributed by atoms with Gasteiger partial charge in [0.25, 0.3) is 0 Å². The van der Waals surface area contributed by atoms with Crippen molar-refractivity contribution in [1.82, 2.24) is 5.43 Å². The zero-order valence-electron chi connectivity index (χ0n) is 12.0. The zero-order valence-corrected chi connectivity index (χ0v) is 12.0. The third-order valence-electron chi connectivity index (χ3n) is 2.98. The summed E-state index contributed by atoms with van der Waals surface area (Å²) in [6.07, 6.45) is 0. The highest BCUT2D eigenvalue weighted by atomic mass is 16.5. The molecule has 112 valence electrons. The Morgan fingerprint density at radius 3 is 2.86 bits per heavy atom. The smallest absolute Gasteiger partial charge is 0.300 e. The van der Waals surface area contributed by atoms with Crippen molar-refractivity contribution in [2.45, 2.75) is 20.1 Å². The Labute approximate surface area is 122 Å². The first-order chi connectivity index (χ1) is 10.1. The van der Waals surface area contributed by atoms with Gasteiger partial charge in [-0.2, -0.15) is 0 Å². The predicted octanol–water partition coefficient (Wildman–Crippen LogP) is 1.92. The van der Waals surface area contributed by atoms with Crippen LogP contribution in [0.2, 0.25) is 0 Å². The lowest BCUT2D eigenvalue weighted by Gasteiger charge is -2.07. The number of nitrogen functional groups attached to an aromatic ring is 1. The molecule has 6 nitrogen and oxygen atoms in total. The molecule has 1 amide bonds. The van der Waals surface area contributed by atoms with Crippen molar-refractivity contribution in [3.63, 3.8) is 0 Å². The van der Waals surface area contributed by atoms with E-state index in [0.29, 0.717) is 19.0 Å². The van der Waals surface area contributed by atoms with Gasteiger partial charge in [-0.25, -0.2) is 5.84 Å². The van der Waals surface area contributed by atoms with Gasteiger partial charge in [0.2, 0.25) is 0 Å². The Morgan fingerprint density at radius 2 is 2.14 bits per heavy atom. The minimum absolute atomic E-state index is 0.168. The van der Waals surface area contributed by atoms with Crippen LogP contribution in [-0.2, 0) is 18.0 Å². The molecular weight excluding hydrogens is 272 g/mol. The quantitative estimate of drug-likeness (QED) is 0.482. The molecule has 0 aliphatic rings. The summed E-state index contributed by atoms with van der Waals surface area (Å²) in [5.41, 5.74) is 3.86. The van der Waals surface area contributed by atoms with Gasteiger partial charge in [-0.15, -0.1) is 0 Å². The van der Waals surface area contributed by atoms with Gasteiger partial charge >= 0.3 is 5.91 Å². The van der Waals surface area contributed by atoms with E-state index in [1.165, 1.54) is 0 Å². The number of aryl methyl sites for hydroxylation is 1. The average Bonchev–Trinajstić information content (AvgIpc) is 2.86. The molecule has 0 radical (unpaired) electrons. The second-order valence-electron chi connectivity index (χ2n) is 4.53. The Kier molecular flexibility index (Phi) is 4.97. The normalized spacial score (nSPS) is 10.4. The van der Waals surface area contributed by atoms with Crippen molar-refractivity contribution in [3.8, 4) is 5.75 Å². The molecule has 3 N–H and O–H groups in total. The third kappa shape index (κ3) is 3.84. The Morgan fingerprint density at radius 1 is 1.33 bits per heavy atom. The number of hydrogen-bond donors (Lipinski definition) is 2. The number of nitrogens with one attached hydrogen (secondary N) is 1. The first-order valence-electron chi connectivity index (χ1n) is 6.45. The lowest BCUT2D eigenvalue weighted by molar-refractivity contribution is 0.0924. The maximum Gasteiger partial charge on any atom is 0.300 e. The molecule has 2 rings (SSSR count). The molecular formula is C15H18N2O4. The summed E-state index contributed by atoms with van der Waals surface area (Å²) in [4.78, 5) is 11.4. The van der Waals surface area contributed by atoms with E-state index in [9.17, 15) is 4.79 Å². The van der Waals surface area contributed by atoms with E-state index in [4.69, 9.17) is 19.7 Å². The molecule has 0 aliphatic carbocycles. The number of carbonyl (C=O) groups excluding carboxylic acids is 1. The molecule has 0 saturated carbocycles. The second kappa shape index (κ2) is 6.92. The topological polar surface area (TPSA) is 86.7 Å². The average molecular weight is 290 g/mol. The van der Waals surface area contributed by atoms with E-state index in [2.05, 4.69) is 0 Å². The summed E-state index contributed by atoms with van der Waals surface area (Å²) in [5.74, 6) is 6.13. The lowest BCUT2D eigenvalue weighted by atomic mass is 10.2. The van der Waals surface area contributed by atoms with E-state index in [0.717, 1.165) is 16.9 Å². The number of furan rings is 1. The molecule has 0 atom stereocenters. The molecule has 0 aliphatic heterocycles. The van der Waals surface area contributed by atoms with E-state index in [1.807, 2.05) is 29.7 Å². The SMILES string of the molecule is COCc1cccc(OCc2cc(C(=O)NN)oc2C)c1. The van der Waals surface area contributed by atoms with Gasteiger partial charge in [-0.3, -0.25) is 10.2 Å². The van der Waals surface area contributed by atoms with E-state index in [-0.39, 0.29) is 5.76 Å². The Hall–Kier alpha value is -2.31. The number of hydrogen-bond acceptors (Lipinski definition) is 5. The number of amides is 1. The lowest BCUT2D eigenvalue weighted by Crippen LogP contribution is -2.29. The van der Waals surface area contributed by atoms with Crippen LogP contribution in [0.4, 0.5) is 0 Å². The van der Waals surface area contributed by atoms with E-state index in [1.54, 1.807) is 20.1 Å². The zero-order chi connectivity index (χ0) is 15.2. The molecule has 2 aromatic rings. The number of carbonyl (C=O) groups is 1. The molecule has 0 unspecified atom stereocenters. The standard InChI is InChI=1S/C15H18N2O4/c1-10-12(7-14(21-10)15(18)17-16)9-20-13-5-3-4-11(6-13)8-19-2/h3-7H,8-9,16H2,1-2H3,(H,17,18). The van der Waals surface area contributed by atoms with Crippen molar-refractivity contribution in [1.29, 1.82) is 0 Å². The largest absolute Gasteiger partial charge is 0.489 e. The minimum atomic E-state index is -0.466. The van der Waals surface area contributed by atoms with Crippen LogP contribution in [0.1, 0.15) is 27.4 Å².